The van der Waals surface area contributed by atoms with E-state index in [1.165, 1.54) is 78.4 Å². The van der Waals surface area contributed by atoms with E-state index >= 15 is 0 Å². The number of carbonyl (C=O) groups excluding carboxylic acids is 2. The average Bonchev–Trinajstić information content (AvgIpc) is 2.78. The van der Waals surface area contributed by atoms with Gasteiger partial charge in [0, 0.05) is 19.3 Å². The molecule has 0 heterocycles. The Morgan fingerprint density at radius 2 is 1.19 bits per heavy atom. The Bertz CT molecular complexity index is 539. The molecule has 0 aromatic rings. The molecular formula is C27H46O4. The van der Waals surface area contributed by atoms with E-state index in [0.29, 0.717) is 12.8 Å². The lowest BCUT2D eigenvalue weighted by molar-refractivity contribution is -0.141. The molecule has 0 rings (SSSR count). The Balaban J connectivity index is 4.11. The maximum Gasteiger partial charge on any atom is 0.305 e. The molecule has 4 nitrogen and oxygen atoms in total. The minimum absolute atomic E-state index is 0.157. The van der Waals surface area contributed by atoms with Crippen molar-refractivity contribution in [2.45, 2.75) is 122 Å². The fraction of sp³-hybridized carbons (Fsp3) is 0.778. The molecule has 0 aliphatic carbocycles. The second kappa shape index (κ2) is 22.9. The number of hydrogen-bond acceptors (Lipinski definition) is 4. The second-order valence-electron chi connectivity index (χ2n) is 8.21. The summed E-state index contributed by atoms with van der Waals surface area (Å²) in [5.41, 5.74) is 1.13. The van der Waals surface area contributed by atoms with E-state index in [-0.39, 0.29) is 11.9 Å². The number of rotatable bonds is 19. The average molecular weight is 435 g/mol. The Labute approximate surface area is 191 Å². The number of carbonyl (C=O) groups is 2. The van der Waals surface area contributed by atoms with Crippen LogP contribution in [0.1, 0.15) is 122 Å². The van der Waals surface area contributed by atoms with Gasteiger partial charge in [0.05, 0.1) is 14.2 Å². The fourth-order valence-electron chi connectivity index (χ4n) is 3.40. The molecule has 0 saturated heterocycles. The predicted octanol–water partition coefficient (Wildman–Crippen LogP) is 7.30. The summed E-state index contributed by atoms with van der Waals surface area (Å²) in [5.74, 6) is 6.34. The highest BCUT2D eigenvalue weighted by Crippen LogP contribution is 2.13. The van der Waals surface area contributed by atoms with Crippen LogP contribution in [0.5, 0.6) is 0 Å². The van der Waals surface area contributed by atoms with Crippen molar-refractivity contribution in [3.63, 3.8) is 0 Å². The van der Waals surface area contributed by atoms with Gasteiger partial charge in [0.1, 0.15) is 0 Å². The van der Waals surface area contributed by atoms with Crippen molar-refractivity contribution in [2.75, 3.05) is 14.2 Å². The van der Waals surface area contributed by atoms with Crippen molar-refractivity contribution in [2.24, 2.45) is 0 Å². The summed E-state index contributed by atoms with van der Waals surface area (Å²) in [4.78, 5) is 22.5. The van der Waals surface area contributed by atoms with E-state index in [1.54, 1.807) is 0 Å². The number of unbranched alkanes of at least 4 members (excludes halogenated alkanes) is 12. The molecule has 0 aromatic heterocycles. The maximum absolute atomic E-state index is 11.2. The van der Waals surface area contributed by atoms with Crippen LogP contribution in [0.25, 0.3) is 0 Å². The second-order valence-corrected chi connectivity index (χ2v) is 8.21. The normalized spacial score (nSPS) is 11.0. The van der Waals surface area contributed by atoms with Gasteiger partial charge in [-0.3, -0.25) is 9.59 Å². The van der Waals surface area contributed by atoms with E-state index < -0.39 is 0 Å². The van der Waals surface area contributed by atoms with Crippen LogP contribution in [0.15, 0.2) is 11.6 Å². The molecule has 0 atom stereocenters. The molecule has 0 N–H and O–H groups in total. The molecule has 0 fully saturated rings. The van der Waals surface area contributed by atoms with E-state index in [4.69, 9.17) is 4.74 Å². The summed E-state index contributed by atoms with van der Waals surface area (Å²) in [6, 6.07) is 0. The minimum atomic E-state index is -0.167. The molecule has 0 aliphatic heterocycles. The summed E-state index contributed by atoms with van der Waals surface area (Å²) < 4.78 is 9.38. The molecular weight excluding hydrogens is 388 g/mol. The molecule has 0 unspecified atom stereocenters. The SMILES string of the molecule is CCCCCCCCCCCCC#CC(=CCCCC(=O)OC)CCCCC(=O)OC. The Kier molecular flexibility index (Phi) is 21.6. The van der Waals surface area contributed by atoms with Crippen molar-refractivity contribution >= 4 is 11.9 Å². The van der Waals surface area contributed by atoms with Gasteiger partial charge < -0.3 is 9.47 Å². The number of esters is 2. The van der Waals surface area contributed by atoms with Gasteiger partial charge in [-0.15, -0.1) is 0 Å². The zero-order valence-corrected chi connectivity index (χ0v) is 20.4. The van der Waals surface area contributed by atoms with Gasteiger partial charge >= 0.3 is 11.9 Å². The quantitative estimate of drug-likeness (QED) is 0.121. The summed E-state index contributed by atoms with van der Waals surface area (Å²) in [5, 5.41) is 0. The molecule has 178 valence electrons. The van der Waals surface area contributed by atoms with Crippen molar-refractivity contribution in [3.05, 3.63) is 11.6 Å². The topological polar surface area (TPSA) is 52.6 Å². The van der Waals surface area contributed by atoms with E-state index in [0.717, 1.165) is 44.1 Å². The van der Waals surface area contributed by atoms with E-state index in [9.17, 15) is 9.59 Å². The van der Waals surface area contributed by atoms with Crippen molar-refractivity contribution in [3.8, 4) is 11.8 Å². The first-order valence-corrected chi connectivity index (χ1v) is 12.5. The monoisotopic (exact) mass is 434 g/mol. The van der Waals surface area contributed by atoms with Crippen LogP contribution in [0, 0.1) is 11.8 Å². The summed E-state index contributed by atoms with van der Waals surface area (Å²) in [7, 11) is 2.85. The zero-order chi connectivity index (χ0) is 23.0. The summed E-state index contributed by atoms with van der Waals surface area (Å²) in [6.45, 7) is 2.26. The van der Waals surface area contributed by atoms with Crippen LogP contribution in [-0.4, -0.2) is 26.2 Å². The first-order valence-electron chi connectivity index (χ1n) is 12.5. The van der Waals surface area contributed by atoms with Gasteiger partial charge in [-0.2, -0.15) is 0 Å². The van der Waals surface area contributed by atoms with Crippen LogP contribution >= 0.6 is 0 Å². The standard InChI is InChI=1S/C27H46O4/c1-4-5-6-7-8-9-10-11-12-13-14-15-20-25(21-16-18-23-26(28)30-2)22-17-19-24-27(29)31-3/h21H,4-14,16-19,22-24H2,1-3H3. The highest BCUT2D eigenvalue weighted by molar-refractivity contribution is 5.69. The lowest BCUT2D eigenvalue weighted by Gasteiger charge is -2.02. The number of ether oxygens (including phenoxy) is 2. The molecule has 0 spiro atoms. The van der Waals surface area contributed by atoms with Crippen molar-refractivity contribution < 1.29 is 19.1 Å². The number of hydrogen-bond donors (Lipinski definition) is 0. The van der Waals surface area contributed by atoms with Gasteiger partial charge in [-0.25, -0.2) is 0 Å². The van der Waals surface area contributed by atoms with Crippen LogP contribution in [0.2, 0.25) is 0 Å². The largest absolute Gasteiger partial charge is 0.469 e. The first-order chi connectivity index (χ1) is 15.1. The van der Waals surface area contributed by atoms with E-state index in [1.807, 2.05) is 0 Å². The Morgan fingerprint density at radius 3 is 1.77 bits per heavy atom. The summed E-state index contributed by atoms with van der Waals surface area (Å²) >= 11 is 0. The molecule has 4 heteroatoms. The van der Waals surface area contributed by atoms with E-state index in [2.05, 4.69) is 29.6 Å². The van der Waals surface area contributed by atoms with Crippen LogP contribution in [0.3, 0.4) is 0 Å². The number of allylic oxidation sites excluding steroid dienone is 2. The first kappa shape index (κ1) is 29.2. The van der Waals surface area contributed by atoms with Crippen molar-refractivity contribution in [1.29, 1.82) is 0 Å². The van der Waals surface area contributed by atoms with Crippen molar-refractivity contribution in [1.82, 2.24) is 0 Å². The molecule has 0 aromatic carbocycles. The van der Waals surface area contributed by atoms with Gasteiger partial charge in [-0.05, 0) is 44.1 Å². The van der Waals surface area contributed by atoms with Gasteiger partial charge in [0.2, 0.25) is 0 Å². The van der Waals surface area contributed by atoms with Crippen LogP contribution < -0.4 is 0 Å². The minimum Gasteiger partial charge on any atom is -0.469 e. The third-order valence-corrected chi connectivity index (χ3v) is 5.41. The highest BCUT2D eigenvalue weighted by Gasteiger charge is 2.02. The maximum atomic E-state index is 11.2. The molecule has 0 radical (unpaired) electrons. The molecule has 0 aliphatic rings. The fourth-order valence-corrected chi connectivity index (χ4v) is 3.40. The molecule has 0 amide bonds. The lowest BCUT2D eigenvalue weighted by Crippen LogP contribution is -1.99. The Hall–Kier alpha value is -1.76. The highest BCUT2D eigenvalue weighted by atomic mass is 16.5. The van der Waals surface area contributed by atoms with Crippen LogP contribution in [-0.2, 0) is 19.1 Å². The zero-order valence-electron chi connectivity index (χ0n) is 20.4. The van der Waals surface area contributed by atoms with Gasteiger partial charge in [-0.1, -0.05) is 82.6 Å². The number of methoxy groups -OCH3 is 2. The van der Waals surface area contributed by atoms with Crippen LogP contribution in [0.4, 0.5) is 0 Å². The summed E-state index contributed by atoms with van der Waals surface area (Å²) in [6.07, 6.45) is 21.6. The Morgan fingerprint density at radius 1 is 0.677 bits per heavy atom. The van der Waals surface area contributed by atoms with Gasteiger partial charge in [0.25, 0.3) is 0 Å². The smallest absolute Gasteiger partial charge is 0.305 e. The van der Waals surface area contributed by atoms with Gasteiger partial charge in [0.15, 0.2) is 0 Å². The molecule has 31 heavy (non-hydrogen) atoms. The third kappa shape index (κ3) is 21.3. The molecule has 0 bridgehead atoms. The predicted molar refractivity (Wildman–Crippen MR) is 129 cm³/mol. The molecule has 0 saturated carbocycles. The third-order valence-electron chi connectivity index (χ3n) is 5.41. The lowest BCUT2D eigenvalue weighted by atomic mass is 10.0.